The second-order valence-electron chi connectivity index (χ2n) is 6.64. The molecule has 6 heteroatoms. The van der Waals surface area contributed by atoms with E-state index in [4.69, 9.17) is 0 Å². The van der Waals surface area contributed by atoms with E-state index in [2.05, 4.69) is 18.8 Å². The number of benzene rings is 1. The molecule has 0 fully saturated rings. The summed E-state index contributed by atoms with van der Waals surface area (Å²) >= 11 is 1.52. The van der Waals surface area contributed by atoms with E-state index in [1.54, 1.807) is 0 Å². The van der Waals surface area contributed by atoms with Gasteiger partial charge in [0, 0.05) is 23.5 Å². The number of nitrogens with zero attached hydrogens (tertiary/aromatic N) is 3. The molecule has 5 nitrogen and oxygen atoms in total. The van der Waals surface area contributed by atoms with Crippen molar-refractivity contribution in [3.8, 4) is 11.1 Å². The molecule has 0 saturated heterocycles. The molecule has 0 aliphatic carbocycles. The fourth-order valence-corrected chi connectivity index (χ4v) is 4.35. The molecular weight excluding hydrogens is 358 g/mol. The van der Waals surface area contributed by atoms with E-state index < -0.39 is 0 Å². The van der Waals surface area contributed by atoms with Crippen molar-refractivity contribution in [1.82, 2.24) is 14.5 Å². The van der Waals surface area contributed by atoms with E-state index in [0.29, 0.717) is 18.5 Å². The Morgan fingerprint density at radius 3 is 2.44 bits per heavy atom. The molecule has 1 aromatic carbocycles. The van der Waals surface area contributed by atoms with Crippen LogP contribution in [0.4, 0.5) is 0 Å². The SMILES string of the molecule is CCCN(CCC)C(=O)Cn1cnc2sc(C)c(-c3ccccc3)c2c1=O. The summed E-state index contributed by atoms with van der Waals surface area (Å²) < 4.78 is 1.45. The predicted molar refractivity (Wildman–Crippen MR) is 111 cm³/mol. The van der Waals surface area contributed by atoms with Crippen molar-refractivity contribution in [3.63, 3.8) is 0 Å². The highest BCUT2D eigenvalue weighted by Gasteiger charge is 2.19. The number of aromatic nitrogens is 2. The molecule has 3 rings (SSSR count). The maximum atomic E-state index is 13.2. The van der Waals surface area contributed by atoms with E-state index >= 15 is 0 Å². The zero-order valence-electron chi connectivity index (χ0n) is 16.1. The van der Waals surface area contributed by atoms with Crippen molar-refractivity contribution >= 4 is 27.5 Å². The Morgan fingerprint density at radius 2 is 1.81 bits per heavy atom. The molecule has 0 radical (unpaired) electrons. The third-order valence-corrected chi connectivity index (χ3v) is 5.58. The van der Waals surface area contributed by atoms with Gasteiger partial charge >= 0.3 is 0 Å². The van der Waals surface area contributed by atoms with Gasteiger partial charge in [-0.15, -0.1) is 11.3 Å². The summed E-state index contributed by atoms with van der Waals surface area (Å²) in [5, 5.41) is 0.608. The molecule has 0 aliphatic rings. The highest BCUT2D eigenvalue weighted by Crippen LogP contribution is 2.35. The maximum absolute atomic E-state index is 13.2. The van der Waals surface area contributed by atoms with Crippen LogP contribution in [0, 0.1) is 6.92 Å². The first-order chi connectivity index (χ1) is 13.1. The van der Waals surface area contributed by atoms with E-state index in [9.17, 15) is 9.59 Å². The number of amides is 1. The lowest BCUT2D eigenvalue weighted by Gasteiger charge is -2.21. The number of hydrogen-bond acceptors (Lipinski definition) is 4. The van der Waals surface area contributed by atoms with Crippen molar-refractivity contribution < 1.29 is 4.79 Å². The fourth-order valence-electron chi connectivity index (χ4n) is 3.35. The summed E-state index contributed by atoms with van der Waals surface area (Å²) in [6, 6.07) is 9.88. The Bertz CT molecular complexity index is 986. The van der Waals surface area contributed by atoms with E-state index in [0.717, 1.165) is 33.7 Å². The Labute approximate surface area is 163 Å². The summed E-state index contributed by atoms with van der Waals surface area (Å²) in [4.78, 5) is 33.9. The smallest absolute Gasteiger partial charge is 0.263 e. The summed E-state index contributed by atoms with van der Waals surface area (Å²) in [6.45, 7) is 7.57. The number of fused-ring (bicyclic) bond motifs is 1. The lowest BCUT2D eigenvalue weighted by molar-refractivity contribution is -0.132. The molecule has 0 spiro atoms. The Kier molecular flexibility index (Phi) is 6.06. The van der Waals surface area contributed by atoms with E-state index in [-0.39, 0.29) is 18.0 Å². The molecule has 142 valence electrons. The number of thiophene rings is 1. The van der Waals surface area contributed by atoms with Gasteiger partial charge in [-0.1, -0.05) is 44.2 Å². The number of carbonyl (C=O) groups excluding carboxylic acids is 1. The van der Waals surface area contributed by atoms with Gasteiger partial charge in [0.1, 0.15) is 11.4 Å². The molecule has 0 saturated carbocycles. The van der Waals surface area contributed by atoms with Crippen molar-refractivity contribution in [2.75, 3.05) is 13.1 Å². The Balaban J connectivity index is 2.03. The van der Waals surface area contributed by atoms with Gasteiger partial charge in [0.2, 0.25) is 5.91 Å². The van der Waals surface area contributed by atoms with Crippen LogP contribution in [0.3, 0.4) is 0 Å². The molecule has 0 unspecified atom stereocenters. The summed E-state index contributed by atoms with van der Waals surface area (Å²) in [7, 11) is 0. The minimum absolute atomic E-state index is 0.0323. The second-order valence-corrected chi connectivity index (χ2v) is 7.84. The first-order valence-electron chi connectivity index (χ1n) is 9.38. The van der Waals surface area contributed by atoms with Crippen molar-refractivity contribution in [2.24, 2.45) is 0 Å². The van der Waals surface area contributed by atoms with Crippen LogP contribution >= 0.6 is 11.3 Å². The Hall–Kier alpha value is -2.47. The third-order valence-electron chi connectivity index (χ3n) is 4.56. The van der Waals surface area contributed by atoms with Gasteiger partial charge in [-0.05, 0) is 25.3 Å². The monoisotopic (exact) mass is 383 g/mol. The molecule has 0 aliphatic heterocycles. The molecule has 2 aromatic heterocycles. The zero-order chi connectivity index (χ0) is 19.4. The highest BCUT2D eigenvalue weighted by molar-refractivity contribution is 7.19. The van der Waals surface area contributed by atoms with Crippen LogP contribution in [0.5, 0.6) is 0 Å². The second kappa shape index (κ2) is 8.48. The quantitative estimate of drug-likeness (QED) is 0.618. The van der Waals surface area contributed by atoms with Gasteiger partial charge in [-0.2, -0.15) is 0 Å². The van der Waals surface area contributed by atoms with Crippen LogP contribution in [-0.4, -0.2) is 33.4 Å². The van der Waals surface area contributed by atoms with Crippen molar-refractivity contribution in [3.05, 3.63) is 51.9 Å². The first-order valence-corrected chi connectivity index (χ1v) is 10.2. The van der Waals surface area contributed by atoms with E-state index in [1.807, 2.05) is 42.2 Å². The Morgan fingerprint density at radius 1 is 1.15 bits per heavy atom. The van der Waals surface area contributed by atoms with Gasteiger partial charge in [-0.25, -0.2) is 4.98 Å². The van der Waals surface area contributed by atoms with Crippen LogP contribution in [0.1, 0.15) is 31.6 Å². The lowest BCUT2D eigenvalue weighted by atomic mass is 10.0. The van der Waals surface area contributed by atoms with Crippen LogP contribution in [0.15, 0.2) is 41.5 Å². The first kappa shape index (κ1) is 19.3. The van der Waals surface area contributed by atoms with Crippen LogP contribution < -0.4 is 5.56 Å². The van der Waals surface area contributed by atoms with Crippen LogP contribution in [0.25, 0.3) is 21.3 Å². The number of carbonyl (C=O) groups is 1. The van der Waals surface area contributed by atoms with E-state index in [1.165, 1.54) is 22.2 Å². The molecule has 2 heterocycles. The van der Waals surface area contributed by atoms with Gasteiger partial charge in [0.05, 0.1) is 11.7 Å². The largest absolute Gasteiger partial charge is 0.341 e. The zero-order valence-corrected chi connectivity index (χ0v) is 16.9. The highest BCUT2D eigenvalue weighted by atomic mass is 32.1. The minimum Gasteiger partial charge on any atom is -0.341 e. The standard InChI is InChI=1S/C21H25N3O2S/c1-4-11-23(12-5-2)17(25)13-24-14-22-20-19(21(24)26)18(15(3)27-20)16-9-7-6-8-10-16/h6-10,14H,4-5,11-13H2,1-3H3. The molecule has 1 amide bonds. The van der Waals surface area contributed by atoms with Gasteiger partial charge in [0.15, 0.2) is 0 Å². The van der Waals surface area contributed by atoms with Gasteiger partial charge in [-0.3, -0.25) is 14.2 Å². The average molecular weight is 384 g/mol. The average Bonchev–Trinajstić information content (AvgIpc) is 3.01. The number of hydrogen-bond donors (Lipinski definition) is 0. The summed E-state index contributed by atoms with van der Waals surface area (Å²) in [6.07, 6.45) is 3.31. The fraction of sp³-hybridized carbons (Fsp3) is 0.381. The molecule has 3 aromatic rings. The lowest BCUT2D eigenvalue weighted by Crippen LogP contribution is -2.37. The van der Waals surface area contributed by atoms with Crippen molar-refractivity contribution in [2.45, 2.75) is 40.2 Å². The number of aryl methyl sites for hydroxylation is 1. The molecule has 27 heavy (non-hydrogen) atoms. The summed E-state index contributed by atoms with van der Waals surface area (Å²) in [5.41, 5.74) is 1.78. The minimum atomic E-state index is -0.149. The molecular formula is C21H25N3O2S. The normalized spacial score (nSPS) is 11.1. The van der Waals surface area contributed by atoms with Crippen LogP contribution in [0.2, 0.25) is 0 Å². The van der Waals surface area contributed by atoms with Gasteiger partial charge in [0.25, 0.3) is 5.56 Å². The summed E-state index contributed by atoms with van der Waals surface area (Å²) in [5.74, 6) is -0.0323. The van der Waals surface area contributed by atoms with Gasteiger partial charge < -0.3 is 4.90 Å². The molecule has 0 atom stereocenters. The molecule has 0 N–H and O–H groups in total. The maximum Gasteiger partial charge on any atom is 0.263 e. The predicted octanol–water partition coefficient (Wildman–Crippen LogP) is 4.08. The topological polar surface area (TPSA) is 55.2 Å². The molecule has 0 bridgehead atoms. The van der Waals surface area contributed by atoms with Crippen molar-refractivity contribution in [1.29, 1.82) is 0 Å². The van der Waals surface area contributed by atoms with Crippen LogP contribution in [-0.2, 0) is 11.3 Å². The third kappa shape index (κ3) is 3.95. The number of rotatable bonds is 7.